The van der Waals surface area contributed by atoms with E-state index in [1.807, 2.05) is 34.5 Å². The van der Waals surface area contributed by atoms with Gasteiger partial charge in [0.1, 0.15) is 6.10 Å². The molecule has 31 heavy (non-hydrogen) atoms. The number of pyridine rings is 1. The van der Waals surface area contributed by atoms with Gasteiger partial charge >= 0.3 is 12.1 Å². The van der Waals surface area contributed by atoms with Crippen LogP contribution in [0.25, 0.3) is 0 Å². The SMILES string of the molecule is O=C(O)C(F)(F)F.O=C(c1cccs1)N1CCOC2CCC1C2OCc1ccncc1. The molecule has 1 aliphatic carbocycles. The van der Waals surface area contributed by atoms with Gasteiger partial charge in [-0.05, 0) is 42.0 Å². The molecule has 168 valence electrons. The number of amides is 1. The van der Waals surface area contributed by atoms with E-state index in [1.54, 1.807) is 12.4 Å². The van der Waals surface area contributed by atoms with Crippen LogP contribution in [0.4, 0.5) is 13.2 Å². The molecule has 2 aromatic rings. The van der Waals surface area contributed by atoms with Crippen LogP contribution in [-0.2, 0) is 20.9 Å². The van der Waals surface area contributed by atoms with Gasteiger partial charge in [0.25, 0.3) is 5.91 Å². The van der Waals surface area contributed by atoms with Gasteiger partial charge in [-0.2, -0.15) is 13.2 Å². The van der Waals surface area contributed by atoms with Crippen LogP contribution in [-0.4, -0.2) is 64.4 Å². The van der Waals surface area contributed by atoms with Crippen LogP contribution < -0.4 is 0 Å². The zero-order chi connectivity index (χ0) is 22.4. The molecule has 2 fully saturated rings. The number of hydrogen-bond acceptors (Lipinski definition) is 6. The average molecular weight is 458 g/mol. The summed E-state index contributed by atoms with van der Waals surface area (Å²) in [5, 5.41) is 9.07. The van der Waals surface area contributed by atoms with E-state index in [4.69, 9.17) is 19.4 Å². The molecule has 7 nitrogen and oxygen atoms in total. The first-order valence-corrected chi connectivity index (χ1v) is 10.4. The predicted molar refractivity (Wildman–Crippen MR) is 105 cm³/mol. The summed E-state index contributed by atoms with van der Waals surface area (Å²) in [5.74, 6) is -2.66. The van der Waals surface area contributed by atoms with Crippen molar-refractivity contribution in [2.24, 2.45) is 0 Å². The van der Waals surface area contributed by atoms with Crippen molar-refractivity contribution < 1.29 is 37.3 Å². The fraction of sp³-hybridized carbons (Fsp3) is 0.450. The van der Waals surface area contributed by atoms with Crippen molar-refractivity contribution in [2.45, 2.75) is 43.9 Å². The van der Waals surface area contributed by atoms with Crippen LogP contribution >= 0.6 is 11.3 Å². The second-order valence-electron chi connectivity index (χ2n) is 6.96. The number of carbonyl (C=O) groups excluding carboxylic acids is 1. The van der Waals surface area contributed by atoms with Crippen molar-refractivity contribution in [3.63, 3.8) is 0 Å². The maximum Gasteiger partial charge on any atom is 0.490 e. The molecule has 2 bridgehead atoms. The van der Waals surface area contributed by atoms with Crippen LogP contribution in [0.15, 0.2) is 42.0 Å². The molecule has 0 spiro atoms. The number of fused-ring (bicyclic) bond motifs is 2. The van der Waals surface area contributed by atoms with E-state index in [2.05, 4.69) is 4.98 Å². The standard InChI is InChI=1S/C18H20N2O3S.C2HF3O2/c21-18(16-2-1-11-24-16)20-9-10-22-15-4-3-14(20)17(15)23-12-13-5-7-19-8-6-13;3-2(4,5)1(6)7/h1-2,5-8,11,14-15,17H,3-4,9-10,12H2;(H,6,7). The Labute approximate surface area is 180 Å². The number of thiophene rings is 1. The van der Waals surface area contributed by atoms with Crippen LogP contribution in [0.1, 0.15) is 28.1 Å². The lowest BCUT2D eigenvalue weighted by molar-refractivity contribution is -0.192. The smallest absolute Gasteiger partial charge is 0.475 e. The van der Waals surface area contributed by atoms with E-state index in [-0.39, 0.29) is 24.2 Å². The highest BCUT2D eigenvalue weighted by atomic mass is 32.1. The zero-order valence-electron chi connectivity index (χ0n) is 16.3. The number of alkyl halides is 3. The van der Waals surface area contributed by atoms with Gasteiger partial charge in [0.15, 0.2) is 0 Å². The molecule has 2 aliphatic rings. The van der Waals surface area contributed by atoms with Crippen molar-refractivity contribution in [1.82, 2.24) is 9.88 Å². The molecule has 3 atom stereocenters. The van der Waals surface area contributed by atoms with Gasteiger partial charge in [-0.1, -0.05) is 6.07 Å². The summed E-state index contributed by atoms with van der Waals surface area (Å²) in [6, 6.07) is 7.80. The Balaban J connectivity index is 0.000000339. The number of hydrogen-bond donors (Lipinski definition) is 1. The molecule has 1 N–H and O–H groups in total. The molecular weight excluding hydrogens is 437 g/mol. The Kier molecular flexibility index (Phi) is 7.63. The molecule has 4 rings (SSSR count). The van der Waals surface area contributed by atoms with Crippen LogP contribution in [0.5, 0.6) is 0 Å². The molecular formula is C20H21F3N2O5S. The van der Waals surface area contributed by atoms with E-state index in [0.29, 0.717) is 19.8 Å². The van der Waals surface area contributed by atoms with Crippen molar-refractivity contribution in [2.75, 3.05) is 13.2 Å². The first-order valence-electron chi connectivity index (χ1n) is 9.54. The van der Waals surface area contributed by atoms with Crippen LogP contribution in [0.2, 0.25) is 0 Å². The van der Waals surface area contributed by atoms with E-state index >= 15 is 0 Å². The maximum atomic E-state index is 12.8. The monoisotopic (exact) mass is 458 g/mol. The highest BCUT2D eigenvalue weighted by Crippen LogP contribution is 2.33. The Bertz CT molecular complexity index is 863. The number of aromatic nitrogens is 1. The van der Waals surface area contributed by atoms with Crippen molar-refractivity contribution in [3.8, 4) is 0 Å². The highest BCUT2D eigenvalue weighted by molar-refractivity contribution is 7.12. The lowest BCUT2D eigenvalue weighted by atomic mass is 10.1. The first kappa shape index (κ1) is 23.2. The Morgan fingerprint density at radius 2 is 1.97 bits per heavy atom. The summed E-state index contributed by atoms with van der Waals surface area (Å²) in [5.41, 5.74) is 1.09. The molecule has 0 radical (unpaired) electrons. The Morgan fingerprint density at radius 3 is 2.58 bits per heavy atom. The Morgan fingerprint density at radius 1 is 1.26 bits per heavy atom. The third-order valence-corrected chi connectivity index (χ3v) is 5.84. The lowest BCUT2D eigenvalue weighted by Gasteiger charge is -2.31. The molecule has 1 saturated carbocycles. The van der Waals surface area contributed by atoms with Crippen molar-refractivity contribution >= 4 is 23.2 Å². The number of ether oxygens (including phenoxy) is 2. The predicted octanol–water partition coefficient (Wildman–Crippen LogP) is 3.37. The average Bonchev–Trinajstić information content (AvgIpc) is 3.35. The van der Waals surface area contributed by atoms with E-state index in [0.717, 1.165) is 23.3 Å². The van der Waals surface area contributed by atoms with Gasteiger partial charge in [-0.15, -0.1) is 11.3 Å². The molecule has 0 aromatic carbocycles. The number of rotatable bonds is 4. The third kappa shape index (κ3) is 6.02. The Hall–Kier alpha value is -2.50. The minimum atomic E-state index is -5.08. The summed E-state index contributed by atoms with van der Waals surface area (Å²) in [4.78, 5) is 28.5. The molecule has 11 heteroatoms. The topological polar surface area (TPSA) is 89.0 Å². The second-order valence-corrected chi connectivity index (χ2v) is 7.91. The molecule has 3 unspecified atom stereocenters. The molecule has 3 heterocycles. The van der Waals surface area contributed by atoms with Crippen molar-refractivity contribution in [3.05, 3.63) is 52.5 Å². The minimum absolute atomic E-state index is 0.0652. The molecule has 1 saturated heterocycles. The number of halogens is 3. The summed E-state index contributed by atoms with van der Waals surface area (Å²) in [6.45, 7) is 1.73. The number of carboxylic acids is 1. The van der Waals surface area contributed by atoms with E-state index in [1.165, 1.54) is 11.3 Å². The molecule has 1 aliphatic heterocycles. The summed E-state index contributed by atoms with van der Waals surface area (Å²) in [6.07, 6.45) is 0.345. The first-order chi connectivity index (χ1) is 14.8. The largest absolute Gasteiger partial charge is 0.490 e. The summed E-state index contributed by atoms with van der Waals surface area (Å²) < 4.78 is 43.9. The number of carbonyl (C=O) groups is 2. The van der Waals surface area contributed by atoms with Gasteiger partial charge in [-0.3, -0.25) is 9.78 Å². The van der Waals surface area contributed by atoms with E-state index < -0.39 is 12.1 Å². The fourth-order valence-electron chi connectivity index (χ4n) is 3.57. The zero-order valence-corrected chi connectivity index (χ0v) is 17.1. The normalized spacial score (nSPS) is 22.9. The van der Waals surface area contributed by atoms with E-state index in [9.17, 15) is 18.0 Å². The quantitative estimate of drug-likeness (QED) is 0.756. The molecule has 2 aromatic heterocycles. The number of aliphatic carboxylic acids is 1. The lowest BCUT2D eigenvalue weighted by Crippen LogP contribution is -2.46. The highest BCUT2D eigenvalue weighted by Gasteiger charge is 2.45. The van der Waals surface area contributed by atoms with Crippen LogP contribution in [0.3, 0.4) is 0 Å². The second kappa shape index (κ2) is 10.2. The van der Waals surface area contributed by atoms with Gasteiger partial charge in [0, 0.05) is 18.9 Å². The van der Waals surface area contributed by atoms with Gasteiger partial charge in [-0.25, -0.2) is 4.79 Å². The van der Waals surface area contributed by atoms with Crippen LogP contribution in [0, 0.1) is 0 Å². The van der Waals surface area contributed by atoms with Crippen molar-refractivity contribution in [1.29, 1.82) is 0 Å². The number of nitrogens with zero attached hydrogens (tertiary/aromatic N) is 2. The molecule has 1 amide bonds. The maximum absolute atomic E-state index is 12.8. The summed E-state index contributed by atoms with van der Waals surface area (Å²) in [7, 11) is 0. The third-order valence-electron chi connectivity index (χ3n) is 4.98. The number of carboxylic acid groups (broad SMARTS) is 1. The van der Waals surface area contributed by atoms with Gasteiger partial charge < -0.3 is 19.5 Å². The van der Waals surface area contributed by atoms with Gasteiger partial charge in [0.2, 0.25) is 0 Å². The summed E-state index contributed by atoms with van der Waals surface area (Å²) >= 11 is 1.49. The minimum Gasteiger partial charge on any atom is -0.475 e. The van der Waals surface area contributed by atoms with Gasteiger partial charge in [0.05, 0.1) is 30.2 Å². The fourth-order valence-corrected chi connectivity index (χ4v) is 4.25.